The van der Waals surface area contributed by atoms with Crippen LogP contribution in [0, 0.1) is 0 Å². The van der Waals surface area contributed by atoms with E-state index < -0.39 is 7.26 Å². The number of benzene rings is 4. The van der Waals surface area contributed by atoms with E-state index in [1.54, 1.807) is 0 Å². The molecule has 0 aromatic heterocycles. The molecule has 0 aliphatic rings. The van der Waals surface area contributed by atoms with Crippen LogP contribution in [0.1, 0.15) is 6.92 Å². The van der Waals surface area contributed by atoms with Crippen molar-refractivity contribution in [2.45, 2.75) is 6.92 Å². The number of aliphatic hydroxyl groups excluding tert-OH is 1. The van der Waals surface area contributed by atoms with Crippen LogP contribution in [-0.2, 0) is 0 Å². The molecule has 1 N–H and O–H groups in total. The predicted molar refractivity (Wildman–Crippen MR) is 141 cm³/mol. The first kappa shape index (κ1) is 22.3. The fraction of sp³-hybridized carbons (Fsp3) is 0.172. The third-order valence-corrected chi connectivity index (χ3v) is 10.2. The molecule has 0 atom stereocenters. The second-order valence-corrected chi connectivity index (χ2v) is 11.6. The lowest BCUT2D eigenvalue weighted by Crippen LogP contribution is -2.31. The van der Waals surface area contributed by atoms with Gasteiger partial charge < -0.3 is 10.0 Å². The Kier molecular flexibility index (Phi) is 7.05. The zero-order valence-corrected chi connectivity index (χ0v) is 19.7. The summed E-state index contributed by atoms with van der Waals surface area (Å²) < 4.78 is 0. The summed E-state index contributed by atoms with van der Waals surface area (Å²) in [6, 6.07) is 39.5. The highest BCUT2D eigenvalue weighted by Crippen LogP contribution is 2.53. The topological polar surface area (TPSA) is 23.5 Å². The lowest BCUT2D eigenvalue weighted by Gasteiger charge is -2.26. The van der Waals surface area contributed by atoms with Crippen molar-refractivity contribution >= 4 is 28.9 Å². The molecule has 0 saturated carbocycles. The van der Waals surface area contributed by atoms with Gasteiger partial charge in [-0.3, -0.25) is 0 Å². The first-order chi connectivity index (χ1) is 15.7. The molecule has 4 rings (SSSR count). The monoisotopic (exact) mass is 440 g/mol. The van der Waals surface area contributed by atoms with Gasteiger partial charge in [-0.1, -0.05) is 66.7 Å². The standard InChI is InChI=1S/C29H31NOP/c1-3-30(22-23-31)25-20-18-24(19-21-25)28-16-10-11-17-29(28)32(2,26-12-6-4-7-13-26)27-14-8-5-9-15-27/h4-21,31H,3,22-23H2,1-2H3/q+1. The van der Waals surface area contributed by atoms with E-state index in [2.05, 4.69) is 128 Å². The first-order valence-corrected chi connectivity index (χ1v) is 13.5. The van der Waals surface area contributed by atoms with Crippen molar-refractivity contribution in [3.05, 3.63) is 109 Å². The van der Waals surface area contributed by atoms with Gasteiger partial charge in [0.05, 0.1) is 13.3 Å². The van der Waals surface area contributed by atoms with Crippen molar-refractivity contribution in [1.82, 2.24) is 0 Å². The van der Waals surface area contributed by atoms with Crippen LogP contribution < -0.4 is 20.8 Å². The van der Waals surface area contributed by atoms with Crippen LogP contribution in [-0.4, -0.2) is 31.5 Å². The summed E-state index contributed by atoms with van der Waals surface area (Å²) in [7, 11) is -1.82. The minimum absolute atomic E-state index is 0.162. The number of aliphatic hydroxyl groups is 1. The summed E-state index contributed by atoms with van der Waals surface area (Å²) in [5, 5.41) is 13.5. The second-order valence-electron chi connectivity index (χ2n) is 8.04. The summed E-state index contributed by atoms with van der Waals surface area (Å²) in [5.74, 6) is 0. The van der Waals surface area contributed by atoms with Gasteiger partial charge in [0.2, 0.25) is 0 Å². The Balaban J connectivity index is 1.85. The third-order valence-electron chi connectivity index (χ3n) is 6.23. The quantitative estimate of drug-likeness (QED) is 0.386. The van der Waals surface area contributed by atoms with Crippen LogP contribution in [0.15, 0.2) is 109 Å². The predicted octanol–water partition coefficient (Wildman–Crippen LogP) is 5.10. The molecule has 32 heavy (non-hydrogen) atoms. The highest BCUT2D eigenvalue weighted by molar-refractivity contribution is 7.95. The summed E-state index contributed by atoms with van der Waals surface area (Å²) in [6.07, 6.45) is 0. The number of nitrogens with zero attached hydrogens (tertiary/aromatic N) is 1. The van der Waals surface area contributed by atoms with E-state index in [1.807, 2.05) is 0 Å². The van der Waals surface area contributed by atoms with E-state index in [0.29, 0.717) is 6.54 Å². The van der Waals surface area contributed by atoms with Crippen molar-refractivity contribution in [1.29, 1.82) is 0 Å². The highest BCUT2D eigenvalue weighted by atomic mass is 31.2. The summed E-state index contributed by atoms with van der Waals surface area (Å²) in [4.78, 5) is 2.20. The molecule has 0 aliphatic carbocycles. The molecule has 0 saturated heterocycles. The molecule has 4 aromatic rings. The molecule has 0 spiro atoms. The van der Waals surface area contributed by atoms with E-state index in [-0.39, 0.29) is 6.61 Å². The average Bonchev–Trinajstić information content (AvgIpc) is 2.88. The lowest BCUT2D eigenvalue weighted by molar-refractivity contribution is 0.302. The number of anilines is 1. The Morgan fingerprint density at radius 2 is 1.22 bits per heavy atom. The fourth-order valence-electron chi connectivity index (χ4n) is 4.43. The van der Waals surface area contributed by atoms with Crippen molar-refractivity contribution in [2.24, 2.45) is 0 Å². The Hall–Kier alpha value is -2.93. The Morgan fingerprint density at radius 1 is 0.688 bits per heavy atom. The maximum Gasteiger partial charge on any atom is 0.112 e. The Morgan fingerprint density at radius 3 is 1.75 bits per heavy atom. The molecule has 4 aromatic carbocycles. The van der Waals surface area contributed by atoms with Gasteiger partial charge in [-0.15, -0.1) is 0 Å². The zero-order valence-electron chi connectivity index (χ0n) is 18.9. The summed E-state index contributed by atoms with van der Waals surface area (Å²) in [6.45, 7) is 6.25. The van der Waals surface area contributed by atoms with Crippen molar-refractivity contribution < 1.29 is 5.11 Å². The molecule has 0 fully saturated rings. The normalized spacial score (nSPS) is 11.3. The molecule has 0 amide bonds. The number of likely N-dealkylation sites (N-methyl/N-ethyl adjacent to an activating group) is 1. The van der Waals surface area contributed by atoms with Crippen molar-refractivity contribution in [3.8, 4) is 11.1 Å². The molecule has 0 aliphatic heterocycles. The van der Waals surface area contributed by atoms with Gasteiger partial charge in [-0.2, -0.15) is 0 Å². The van der Waals surface area contributed by atoms with Crippen LogP contribution in [0.2, 0.25) is 0 Å². The van der Waals surface area contributed by atoms with Gasteiger partial charge in [-0.25, -0.2) is 0 Å². The number of hydrogen-bond donors (Lipinski definition) is 1. The smallest absolute Gasteiger partial charge is 0.112 e. The molecule has 162 valence electrons. The van der Waals surface area contributed by atoms with E-state index in [4.69, 9.17) is 0 Å². The molecule has 0 bridgehead atoms. The average molecular weight is 441 g/mol. The van der Waals surface area contributed by atoms with Gasteiger partial charge in [0.15, 0.2) is 0 Å². The van der Waals surface area contributed by atoms with Gasteiger partial charge in [0.25, 0.3) is 0 Å². The summed E-state index contributed by atoms with van der Waals surface area (Å²) in [5.41, 5.74) is 3.65. The lowest BCUT2D eigenvalue weighted by atomic mass is 10.1. The maximum absolute atomic E-state index is 9.37. The molecule has 0 radical (unpaired) electrons. The highest BCUT2D eigenvalue weighted by Gasteiger charge is 2.41. The number of rotatable bonds is 8. The van der Waals surface area contributed by atoms with E-state index in [0.717, 1.165) is 12.2 Å². The minimum Gasteiger partial charge on any atom is -0.395 e. The van der Waals surface area contributed by atoms with E-state index in [9.17, 15) is 5.11 Å². The molecule has 0 unspecified atom stereocenters. The molecule has 0 heterocycles. The van der Waals surface area contributed by atoms with Crippen molar-refractivity contribution in [3.63, 3.8) is 0 Å². The van der Waals surface area contributed by atoms with E-state index in [1.165, 1.54) is 27.0 Å². The third kappa shape index (κ3) is 4.35. The molecular formula is C29H31NOP+. The van der Waals surface area contributed by atoms with Crippen LogP contribution in [0.3, 0.4) is 0 Å². The largest absolute Gasteiger partial charge is 0.395 e. The summed E-state index contributed by atoms with van der Waals surface area (Å²) >= 11 is 0. The van der Waals surface area contributed by atoms with Crippen LogP contribution in [0.4, 0.5) is 5.69 Å². The number of hydrogen-bond acceptors (Lipinski definition) is 2. The molecular weight excluding hydrogens is 409 g/mol. The Labute approximate surface area is 192 Å². The van der Waals surface area contributed by atoms with E-state index >= 15 is 0 Å². The Bertz CT molecular complexity index is 1090. The molecule has 3 heteroatoms. The van der Waals surface area contributed by atoms with Gasteiger partial charge in [-0.05, 0) is 55.0 Å². The minimum atomic E-state index is -1.82. The van der Waals surface area contributed by atoms with Crippen LogP contribution >= 0.6 is 7.26 Å². The SMILES string of the molecule is CCN(CCO)c1ccc(-c2ccccc2[P+](C)(c2ccccc2)c2ccccc2)cc1. The van der Waals surface area contributed by atoms with Crippen LogP contribution in [0.5, 0.6) is 0 Å². The second kappa shape index (κ2) is 10.1. The van der Waals surface area contributed by atoms with Crippen LogP contribution in [0.25, 0.3) is 11.1 Å². The fourth-order valence-corrected chi connectivity index (χ4v) is 7.89. The molecule has 2 nitrogen and oxygen atoms in total. The maximum atomic E-state index is 9.37. The van der Waals surface area contributed by atoms with Crippen molar-refractivity contribution in [2.75, 3.05) is 31.3 Å². The van der Waals surface area contributed by atoms with Gasteiger partial charge >= 0.3 is 0 Å². The van der Waals surface area contributed by atoms with Gasteiger partial charge in [0, 0.05) is 24.3 Å². The first-order valence-electron chi connectivity index (χ1n) is 11.2. The zero-order chi connectivity index (χ0) is 22.4. The van der Waals surface area contributed by atoms with Gasteiger partial charge in [0.1, 0.15) is 23.2 Å².